The van der Waals surface area contributed by atoms with Crippen molar-refractivity contribution in [3.8, 4) is 0 Å². The van der Waals surface area contributed by atoms with Crippen LogP contribution in [0.2, 0.25) is 0 Å². The number of fused-ring (bicyclic) bond motifs is 1. The molecular weight excluding hydrogens is 372 g/mol. The normalized spacial score (nSPS) is 14.9. The van der Waals surface area contributed by atoms with Gasteiger partial charge in [-0.2, -0.15) is 0 Å². The highest BCUT2D eigenvalue weighted by atomic mass is 32.1. The van der Waals surface area contributed by atoms with Crippen LogP contribution in [0.5, 0.6) is 0 Å². The number of rotatable bonds is 6. The Hall–Kier alpha value is -2.77. The largest absolute Gasteiger partial charge is 0.464 e. The molecule has 7 heteroatoms. The topological polar surface area (TPSA) is 67.3 Å². The fourth-order valence-corrected chi connectivity index (χ4v) is 4.40. The molecule has 4 rings (SSSR count). The summed E-state index contributed by atoms with van der Waals surface area (Å²) in [7, 11) is 1.33. The second kappa shape index (κ2) is 8.50. The molecule has 0 spiro atoms. The first-order chi connectivity index (χ1) is 13.7. The van der Waals surface area contributed by atoms with Crippen LogP contribution in [0.3, 0.4) is 0 Å². The third kappa shape index (κ3) is 4.05. The van der Waals surface area contributed by atoms with E-state index < -0.39 is 5.97 Å². The third-order valence-electron chi connectivity index (χ3n) is 5.00. The smallest absolute Gasteiger partial charge is 0.358 e. The first-order valence-electron chi connectivity index (χ1n) is 9.25. The Morgan fingerprint density at radius 1 is 1.21 bits per heavy atom. The number of thiophene rings is 1. The monoisotopic (exact) mass is 394 g/mol. The highest BCUT2D eigenvalue weighted by molar-refractivity contribution is 7.10. The number of nitrogens with zero attached hydrogens (tertiary/aromatic N) is 3. The first-order valence-corrected chi connectivity index (χ1v) is 10.1. The molecule has 6 nitrogen and oxygen atoms in total. The molecule has 0 fully saturated rings. The van der Waals surface area contributed by atoms with E-state index in [-0.39, 0.29) is 11.7 Å². The van der Waals surface area contributed by atoms with E-state index in [1.54, 1.807) is 12.1 Å². The molecule has 0 radical (unpaired) electrons. The number of hydrogen-bond acceptors (Lipinski definition) is 7. The van der Waals surface area contributed by atoms with Gasteiger partial charge < -0.3 is 10.1 Å². The molecule has 3 heterocycles. The van der Waals surface area contributed by atoms with Crippen LogP contribution in [-0.2, 0) is 17.7 Å². The van der Waals surface area contributed by atoms with Crippen LogP contribution in [-0.4, -0.2) is 41.3 Å². The Labute approximate surface area is 168 Å². The fourth-order valence-electron chi connectivity index (χ4n) is 3.51. The van der Waals surface area contributed by atoms with Gasteiger partial charge in [0.2, 0.25) is 0 Å². The molecule has 1 N–H and O–H groups in total. The zero-order chi connectivity index (χ0) is 19.3. The Morgan fingerprint density at radius 3 is 2.82 bits per heavy atom. The van der Waals surface area contributed by atoms with Crippen LogP contribution in [0.1, 0.15) is 32.5 Å². The molecule has 1 atom stereocenters. The quantitative estimate of drug-likeness (QED) is 0.645. The average Bonchev–Trinajstić information content (AvgIpc) is 3.22. The first kappa shape index (κ1) is 18.6. The summed E-state index contributed by atoms with van der Waals surface area (Å²) >= 11 is 1.85. The van der Waals surface area contributed by atoms with Crippen molar-refractivity contribution in [1.82, 2.24) is 15.1 Å². The maximum Gasteiger partial charge on any atom is 0.358 e. The van der Waals surface area contributed by atoms with Crippen molar-refractivity contribution in [2.45, 2.75) is 19.0 Å². The van der Waals surface area contributed by atoms with Crippen molar-refractivity contribution in [2.75, 3.05) is 25.5 Å². The molecule has 1 unspecified atom stereocenters. The summed E-state index contributed by atoms with van der Waals surface area (Å²) in [5.74, 6) is 0.155. The Balaban J connectivity index is 1.49. The summed E-state index contributed by atoms with van der Waals surface area (Å²) in [6.45, 7) is 2.68. The lowest BCUT2D eigenvalue weighted by Gasteiger charge is -2.35. The number of methoxy groups -OCH3 is 1. The van der Waals surface area contributed by atoms with Gasteiger partial charge in [0.05, 0.1) is 13.2 Å². The number of aromatic nitrogens is 2. The third-order valence-corrected chi connectivity index (χ3v) is 6.02. The number of ether oxygens (including phenoxy) is 1. The second-order valence-corrected chi connectivity index (χ2v) is 7.69. The Morgan fingerprint density at radius 2 is 2.07 bits per heavy atom. The number of benzene rings is 1. The van der Waals surface area contributed by atoms with Crippen LogP contribution in [0, 0.1) is 0 Å². The maximum atomic E-state index is 11.5. The number of anilines is 1. The van der Waals surface area contributed by atoms with Gasteiger partial charge in [-0.25, -0.2) is 4.79 Å². The average molecular weight is 395 g/mol. The van der Waals surface area contributed by atoms with Gasteiger partial charge in [-0.1, -0.05) is 30.3 Å². The van der Waals surface area contributed by atoms with E-state index in [4.69, 9.17) is 0 Å². The molecule has 0 amide bonds. The zero-order valence-corrected chi connectivity index (χ0v) is 16.5. The van der Waals surface area contributed by atoms with Gasteiger partial charge in [-0.05, 0) is 41.1 Å². The molecule has 1 aromatic carbocycles. The van der Waals surface area contributed by atoms with Gasteiger partial charge in [0, 0.05) is 24.5 Å². The van der Waals surface area contributed by atoms with Crippen LogP contribution < -0.4 is 5.32 Å². The highest BCUT2D eigenvalue weighted by Gasteiger charge is 2.25. The predicted molar refractivity (Wildman–Crippen MR) is 109 cm³/mol. The molecule has 2 aromatic heterocycles. The number of carbonyl (C=O) groups is 1. The van der Waals surface area contributed by atoms with E-state index in [9.17, 15) is 4.79 Å². The summed E-state index contributed by atoms with van der Waals surface area (Å²) < 4.78 is 4.67. The second-order valence-electron chi connectivity index (χ2n) is 6.69. The van der Waals surface area contributed by atoms with Crippen molar-refractivity contribution in [2.24, 2.45) is 0 Å². The van der Waals surface area contributed by atoms with Gasteiger partial charge in [-0.15, -0.1) is 21.5 Å². The molecule has 3 aromatic rings. The van der Waals surface area contributed by atoms with Crippen molar-refractivity contribution in [1.29, 1.82) is 0 Å². The summed E-state index contributed by atoms with van der Waals surface area (Å²) in [6.07, 6.45) is 1.09. The SMILES string of the molecule is COC(=O)c1ccc(NCC(c2ccccc2)N2CCc3sccc3C2)nn1. The predicted octanol–water partition coefficient (Wildman–Crippen LogP) is 3.54. The standard InChI is InChI=1S/C21H22N4O2S/c1-27-21(26)17-7-8-20(24-23-17)22-13-18(15-5-3-2-4-6-15)25-11-9-19-16(14-25)10-12-28-19/h2-8,10,12,18H,9,11,13-14H2,1H3,(H,22,24). The number of nitrogens with one attached hydrogen (secondary N) is 1. The fraction of sp³-hybridized carbons (Fsp3) is 0.286. The molecule has 0 aliphatic carbocycles. The number of hydrogen-bond donors (Lipinski definition) is 1. The van der Waals surface area contributed by atoms with Crippen LogP contribution in [0.25, 0.3) is 0 Å². The zero-order valence-electron chi connectivity index (χ0n) is 15.7. The van der Waals surface area contributed by atoms with Gasteiger partial charge in [0.15, 0.2) is 5.69 Å². The number of esters is 1. The van der Waals surface area contributed by atoms with E-state index in [1.165, 1.54) is 23.1 Å². The Kier molecular flexibility index (Phi) is 5.64. The molecular formula is C21H22N4O2S. The minimum atomic E-state index is -0.485. The van der Waals surface area contributed by atoms with Gasteiger partial charge in [0.1, 0.15) is 5.82 Å². The van der Waals surface area contributed by atoms with E-state index in [0.29, 0.717) is 12.4 Å². The Bertz CT molecular complexity index is 927. The molecule has 1 aliphatic heterocycles. The van der Waals surface area contributed by atoms with Gasteiger partial charge in [0.25, 0.3) is 0 Å². The molecule has 0 bridgehead atoms. The molecule has 0 saturated heterocycles. The summed E-state index contributed by atoms with van der Waals surface area (Å²) in [5, 5.41) is 13.6. The van der Waals surface area contributed by atoms with E-state index >= 15 is 0 Å². The van der Waals surface area contributed by atoms with Crippen LogP contribution in [0.4, 0.5) is 5.82 Å². The van der Waals surface area contributed by atoms with Crippen LogP contribution >= 0.6 is 11.3 Å². The minimum absolute atomic E-state index is 0.202. The highest BCUT2D eigenvalue weighted by Crippen LogP contribution is 2.30. The lowest BCUT2D eigenvalue weighted by Crippen LogP contribution is -2.37. The van der Waals surface area contributed by atoms with Gasteiger partial charge >= 0.3 is 5.97 Å². The molecule has 1 aliphatic rings. The van der Waals surface area contributed by atoms with E-state index in [1.807, 2.05) is 17.4 Å². The van der Waals surface area contributed by atoms with E-state index in [2.05, 4.69) is 60.9 Å². The summed E-state index contributed by atoms with van der Waals surface area (Å²) in [5.41, 5.74) is 2.90. The molecule has 0 saturated carbocycles. The molecule has 28 heavy (non-hydrogen) atoms. The molecule has 144 valence electrons. The minimum Gasteiger partial charge on any atom is -0.464 e. The lowest BCUT2D eigenvalue weighted by molar-refractivity contribution is 0.0593. The van der Waals surface area contributed by atoms with Crippen LogP contribution in [0.15, 0.2) is 53.9 Å². The van der Waals surface area contributed by atoms with Crippen molar-refractivity contribution in [3.05, 3.63) is 75.6 Å². The van der Waals surface area contributed by atoms with Crippen molar-refractivity contribution >= 4 is 23.1 Å². The van der Waals surface area contributed by atoms with E-state index in [0.717, 1.165) is 19.5 Å². The van der Waals surface area contributed by atoms with Crippen molar-refractivity contribution < 1.29 is 9.53 Å². The lowest BCUT2D eigenvalue weighted by atomic mass is 10.0. The summed E-state index contributed by atoms with van der Waals surface area (Å²) in [6, 6.07) is 16.4. The number of carbonyl (C=O) groups excluding carboxylic acids is 1. The maximum absolute atomic E-state index is 11.5. The van der Waals surface area contributed by atoms with Crippen molar-refractivity contribution in [3.63, 3.8) is 0 Å². The van der Waals surface area contributed by atoms with Gasteiger partial charge in [-0.3, -0.25) is 4.90 Å². The summed E-state index contributed by atoms with van der Waals surface area (Å²) in [4.78, 5) is 15.5.